The first-order valence-corrected chi connectivity index (χ1v) is 8.85. The number of hydrogen-bond acceptors (Lipinski definition) is 5. The van der Waals surface area contributed by atoms with Crippen molar-refractivity contribution in [3.63, 3.8) is 0 Å². The van der Waals surface area contributed by atoms with Crippen LogP contribution in [0.5, 0.6) is 0 Å². The van der Waals surface area contributed by atoms with Gasteiger partial charge in [0.25, 0.3) is 0 Å². The molecule has 122 valence electrons. The standard InChI is InChI=1S/C17H14ClN3O2S/c18-12-3-5-13(6-4-12)21-10-11(8-16(21)22)17-19-15(23-20-17)9-14-2-1-7-24-14/h1-7,11H,8-10H2. The Morgan fingerprint density at radius 3 is 2.88 bits per heavy atom. The molecule has 0 aliphatic carbocycles. The zero-order valence-electron chi connectivity index (χ0n) is 12.7. The molecule has 0 spiro atoms. The molecule has 0 saturated carbocycles. The largest absolute Gasteiger partial charge is 0.339 e. The first kappa shape index (κ1) is 15.4. The number of carbonyl (C=O) groups excluding carboxylic acids is 1. The van der Waals surface area contributed by atoms with Crippen molar-refractivity contribution in [2.75, 3.05) is 11.4 Å². The summed E-state index contributed by atoms with van der Waals surface area (Å²) in [4.78, 5) is 19.7. The molecule has 3 heterocycles. The molecular formula is C17H14ClN3O2S. The molecule has 1 saturated heterocycles. The van der Waals surface area contributed by atoms with E-state index in [1.54, 1.807) is 28.4 Å². The predicted molar refractivity (Wildman–Crippen MR) is 92.6 cm³/mol. The summed E-state index contributed by atoms with van der Waals surface area (Å²) < 4.78 is 5.34. The van der Waals surface area contributed by atoms with Gasteiger partial charge in [-0.05, 0) is 35.7 Å². The van der Waals surface area contributed by atoms with Crippen LogP contribution in [0.3, 0.4) is 0 Å². The Morgan fingerprint density at radius 2 is 2.12 bits per heavy atom. The molecule has 24 heavy (non-hydrogen) atoms. The second kappa shape index (κ2) is 6.37. The van der Waals surface area contributed by atoms with Gasteiger partial charge in [0.2, 0.25) is 11.8 Å². The highest BCUT2D eigenvalue weighted by Crippen LogP contribution is 2.31. The minimum absolute atomic E-state index is 0.0472. The normalized spacial score (nSPS) is 17.6. The van der Waals surface area contributed by atoms with Crippen molar-refractivity contribution in [3.05, 3.63) is 63.4 Å². The van der Waals surface area contributed by atoms with Crippen molar-refractivity contribution < 1.29 is 9.32 Å². The van der Waals surface area contributed by atoms with Gasteiger partial charge in [0.1, 0.15) is 0 Å². The van der Waals surface area contributed by atoms with Crippen LogP contribution in [0.2, 0.25) is 5.02 Å². The second-order valence-electron chi connectivity index (χ2n) is 5.68. The molecule has 0 N–H and O–H groups in total. The summed E-state index contributed by atoms with van der Waals surface area (Å²) in [6.45, 7) is 0.554. The molecule has 1 aliphatic rings. The fraction of sp³-hybridized carbons (Fsp3) is 0.235. The summed E-state index contributed by atoms with van der Waals surface area (Å²) in [5.41, 5.74) is 0.842. The second-order valence-corrected chi connectivity index (χ2v) is 7.15. The summed E-state index contributed by atoms with van der Waals surface area (Å²) >= 11 is 7.56. The quantitative estimate of drug-likeness (QED) is 0.709. The van der Waals surface area contributed by atoms with Crippen LogP contribution in [0.4, 0.5) is 5.69 Å². The van der Waals surface area contributed by atoms with Crippen LogP contribution in [-0.4, -0.2) is 22.6 Å². The molecule has 4 rings (SSSR count). The lowest BCUT2D eigenvalue weighted by Gasteiger charge is -2.16. The zero-order valence-corrected chi connectivity index (χ0v) is 14.3. The fourth-order valence-corrected chi connectivity index (χ4v) is 3.64. The predicted octanol–water partition coefficient (Wildman–Crippen LogP) is 3.90. The Morgan fingerprint density at radius 1 is 1.29 bits per heavy atom. The maximum absolute atomic E-state index is 12.3. The van der Waals surface area contributed by atoms with Gasteiger partial charge in [0.15, 0.2) is 5.82 Å². The van der Waals surface area contributed by atoms with Gasteiger partial charge in [-0.25, -0.2) is 0 Å². The maximum Gasteiger partial charge on any atom is 0.231 e. The van der Waals surface area contributed by atoms with E-state index in [1.807, 2.05) is 29.6 Å². The highest BCUT2D eigenvalue weighted by atomic mass is 35.5. The SMILES string of the molecule is O=C1CC(c2noc(Cc3cccs3)n2)CN1c1ccc(Cl)cc1. The molecule has 7 heteroatoms. The van der Waals surface area contributed by atoms with E-state index >= 15 is 0 Å². The molecule has 1 unspecified atom stereocenters. The topological polar surface area (TPSA) is 59.2 Å². The average Bonchev–Trinajstić information content (AvgIpc) is 3.30. The Bertz CT molecular complexity index is 845. The third-order valence-electron chi connectivity index (χ3n) is 4.02. The van der Waals surface area contributed by atoms with Gasteiger partial charge in [-0.2, -0.15) is 4.98 Å². The van der Waals surface area contributed by atoms with E-state index < -0.39 is 0 Å². The lowest BCUT2D eigenvalue weighted by atomic mass is 10.1. The minimum atomic E-state index is -0.0472. The molecule has 1 aromatic carbocycles. The van der Waals surface area contributed by atoms with Gasteiger partial charge in [0, 0.05) is 34.5 Å². The van der Waals surface area contributed by atoms with Crippen molar-refractivity contribution in [2.45, 2.75) is 18.8 Å². The van der Waals surface area contributed by atoms with Gasteiger partial charge < -0.3 is 9.42 Å². The monoisotopic (exact) mass is 359 g/mol. The maximum atomic E-state index is 12.3. The molecule has 5 nitrogen and oxygen atoms in total. The van der Waals surface area contributed by atoms with Crippen LogP contribution in [-0.2, 0) is 11.2 Å². The highest BCUT2D eigenvalue weighted by Gasteiger charge is 2.34. The number of anilines is 1. The van der Waals surface area contributed by atoms with Crippen molar-refractivity contribution in [1.82, 2.24) is 10.1 Å². The van der Waals surface area contributed by atoms with Gasteiger partial charge >= 0.3 is 0 Å². The van der Waals surface area contributed by atoms with Crippen LogP contribution < -0.4 is 4.90 Å². The average molecular weight is 360 g/mol. The van der Waals surface area contributed by atoms with Crippen LogP contribution >= 0.6 is 22.9 Å². The third-order valence-corrected chi connectivity index (χ3v) is 5.15. The molecule has 1 fully saturated rings. The Hall–Kier alpha value is -2.18. The zero-order chi connectivity index (χ0) is 16.5. The smallest absolute Gasteiger partial charge is 0.231 e. The third kappa shape index (κ3) is 3.07. The van der Waals surface area contributed by atoms with Gasteiger partial charge in [0.05, 0.1) is 6.42 Å². The van der Waals surface area contributed by atoms with Crippen LogP contribution in [0, 0.1) is 0 Å². The number of hydrogen-bond donors (Lipinski definition) is 0. The molecule has 3 aromatic rings. The number of benzene rings is 1. The molecule has 1 aliphatic heterocycles. The van der Waals surface area contributed by atoms with Crippen molar-refractivity contribution in [2.24, 2.45) is 0 Å². The molecule has 0 bridgehead atoms. The number of halogens is 1. The highest BCUT2D eigenvalue weighted by molar-refractivity contribution is 7.09. The number of amides is 1. The summed E-state index contributed by atoms with van der Waals surface area (Å²) in [6.07, 6.45) is 1.02. The van der Waals surface area contributed by atoms with Crippen molar-refractivity contribution in [3.8, 4) is 0 Å². The molecule has 0 radical (unpaired) electrons. The summed E-state index contributed by atoms with van der Waals surface area (Å²) in [5, 5.41) is 6.75. The van der Waals surface area contributed by atoms with Crippen LogP contribution in [0.15, 0.2) is 46.3 Å². The Kier molecular flexibility index (Phi) is 4.08. The number of thiophene rings is 1. The molecular weight excluding hydrogens is 346 g/mol. The fourth-order valence-electron chi connectivity index (χ4n) is 2.82. The first-order chi connectivity index (χ1) is 11.7. The van der Waals surface area contributed by atoms with Gasteiger partial charge in [-0.15, -0.1) is 11.3 Å². The Balaban J connectivity index is 1.48. The van der Waals surface area contributed by atoms with E-state index in [4.69, 9.17) is 16.1 Å². The molecule has 1 atom stereocenters. The first-order valence-electron chi connectivity index (χ1n) is 7.60. The van der Waals surface area contributed by atoms with Gasteiger partial charge in [-0.3, -0.25) is 4.79 Å². The number of carbonyl (C=O) groups is 1. The summed E-state index contributed by atoms with van der Waals surface area (Å²) in [5.74, 6) is 1.21. The van der Waals surface area contributed by atoms with E-state index in [0.717, 1.165) is 5.69 Å². The lowest BCUT2D eigenvalue weighted by Crippen LogP contribution is -2.24. The Labute approximate surface area is 147 Å². The lowest BCUT2D eigenvalue weighted by molar-refractivity contribution is -0.117. The molecule has 2 aromatic heterocycles. The van der Waals surface area contributed by atoms with Crippen molar-refractivity contribution >= 4 is 34.5 Å². The van der Waals surface area contributed by atoms with Crippen molar-refractivity contribution in [1.29, 1.82) is 0 Å². The summed E-state index contributed by atoms with van der Waals surface area (Å²) in [6, 6.07) is 11.3. The molecule has 1 amide bonds. The minimum Gasteiger partial charge on any atom is -0.339 e. The van der Waals surface area contributed by atoms with E-state index in [2.05, 4.69) is 10.1 Å². The van der Waals surface area contributed by atoms with E-state index in [9.17, 15) is 4.79 Å². The van der Waals surface area contributed by atoms with Crippen LogP contribution in [0.25, 0.3) is 0 Å². The van der Waals surface area contributed by atoms with E-state index in [-0.39, 0.29) is 11.8 Å². The number of nitrogens with zero attached hydrogens (tertiary/aromatic N) is 3. The van der Waals surface area contributed by atoms with E-state index in [1.165, 1.54) is 4.88 Å². The number of rotatable bonds is 4. The number of aromatic nitrogens is 2. The van der Waals surface area contributed by atoms with Crippen LogP contribution in [0.1, 0.15) is 28.9 Å². The van der Waals surface area contributed by atoms with E-state index in [0.29, 0.717) is 36.1 Å². The van der Waals surface area contributed by atoms with Gasteiger partial charge in [-0.1, -0.05) is 22.8 Å². The summed E-state index contributed by atoms with van der Waals surface area (Å²) in [7, 11) is 0.